The van der Waals surface area contributed by atoms with Crippen LogP contribution in [-0.2, 0) is 11.2 Å². The van der Waals surface area contributed by atoms with Crippen LogP contribution in [0.15, 0.2) is 36.7 Å². The number of anilines is 2. The SMILES string of the molecule is COc1c(Cl)cccc1Nc1c(-c2ccncc2OC[C@@H]2CCCO2)[nH]c2c1C(=O)N[C@@H](C)C2. The van der Waals surface area contributed by atoms with Crippen LogP contribution in [0.5, 0.6) is 11.5 Å². The van der Waals surface area contributed by atoms with E-state index in [1.54, 1.807) is 25.6 Å². The van der Waals surface area contributed by atoms with Gasteiger partial charge in [0, 0.05) is 36.5 Å². The van der Waals surface area contributed by atoms with E-state index in [2.05, 4.69) is 20.6 Å². The van der Waals surface area contributed by atoms with E-state index < -0.39 is 0 Å². The molecule has 5 rings (SSSR count). The lowest BCUT2D eigenvalue weighted by molar-refractivity contribution is 0.0680. The van der Waals surface area contributed by atoms with Crippen LogP contribution in [0.2, 0.25) is 5.02 Å². The van der Waals surface area contributed by atoms with Crippen molar-refractivity contribution < 1.29 is 19.0 Å². The summed E-state index contributed by atoms with van der Waals surface area (Å²) in [7, 11) is 1.56. The number of benzene rings is 1. The molecule has 3 aromatic rings. The smallest absolute Gasteiger partial charge is 0.255 e. The number of aromatic amines is 1. The third-order valence-electron chi connectivity index (χ3n) is 6.13. The molecule has 0 radical (unpaired) electrons. The first-order chi connectivity index (χ1) is 16.5. The number of ether oxygens (including phenoxy) is 3. The van der Waals surface area contributed by atoms with Crippen LogP contribution < -0.4 is 20.1 Å². The van der Waals surface area contributed by atoms with Crippen LogP contribution >= 0.6 is 11.6 Å². The van der Waals surface area contributed by atoms with Crippen molar-refractivity contribution in [3.8, 4) is 22.8 Å². The summed E-state index contributed by atoms with van der Waals surface area (Å²) in [6.45, 7) is 3.19. The predicted molar refractivity (Wildman–Crippen MR) is 130 cm³/mol. The average Bonchev–Trinajstić information content (AvgIpc) is 3.46. The lowest BCUT2D eigenvalue weighted by Crippen LogP contribution is -2.39. The second-order valence-corrected chi connectivity index (χ2v) is 8.98. The highest BCUT2D eigenvalue weighted by Gasteiger charge is 2.31. The number of halogens is 1. The molecule has 9 heteroatoms. The number of carbonyl (C=O) groups is 1. The fourth-order valence-corrected chi connectivity index (χ4v) is 4.80. The average molecular weight is 483 g/mol. The molecule has 0 bridgehead atoms. The van der Waals surface area contributed by atoms with Crippen LogP contribution in [0.25, 0.3) is 11.3 Å². The van der Waals surface area contributed by atoms with Gasteiger partial charge in [-0.25, -0.2) is 0 Å². The van der Waals surface area contributed by atoms with Crippen molar-refractivity contribution in [2.45, 2.75) is 38.3 Å². The maximum atomic E-state index is 13.1. The predicted octanol–water partition coefficient (Wildman–Crippen LogP) is 4.71. The molecule has 3 N–H and O–H groups in total. The minimum absolute atomic E-state index is 0.0210. The first-order valence-corrected chi connectivity index (χ1v) is 11.8. The van der Waals surface area contributed by atoms with E-state index in [-0.39, 0.29) is 18.1 Å². The Balaban J connectivity index is 1.59. The second-order valence-electron chi connectivity index (χ2n) is 8.57. The van der Waals surface area contributed by atoms with Crippen LogP contribution in [0, 0.1) is 0 Å². The fourth-order valence-electron chi connectivity index (χ4n) is 4.55. The van der Waals surface area contributed by atoms with Crippen LogP contribution in [0.3, 0.4) is 0 Å². The highest BCUT2D eigenvalue weighted by atomic mass is 35.5. The molecular formula is C25H27ClN4O4. The number of fused-ring (bicyclic) bond motifs is 1. The molecule has 2 atom stereocenters. The van der Waals surface area contributed by atoms with Gasteiger partial charge in [-0.3, -0.25) is 9.78 Å². The molecule has 0 spiro atoms. The number of H-pyrrole nitrogens is 1. The number of hydrogen-bond donors (Lipinski definition) is 3. The van der Waals surface area contributed by atoms with Crippen LogP contribution in [-0.4, -0.2) is 48.3 Å². The Morgan fingerprint density at radius 3 is 3.00 bits per heavy atom. The van der Waals surface area contributed by atoms with Crippen molar-refractivity contribution in [1.29, 1.82) is 0 Å². The lowest BCUT2D eigenvalue weighted by Gasteiger charge is -2.21. The third kappa shape index (κ3) is 4.31. The van der Waals surface area contributed by atoms with Gasteiger partial charge in [-0.15, -0.1) is 0 Å². The summed E-state index contributed by atoms with van der Waals surface area (Å²) in [5, 5.41) is 6.91. The molecule has 2 aliphatic heterocycles. The van der Waals surface area contributed by atoms with Crippen LogP contribution in [0.4, 0.5) is 11.4 Å². The largest absolute Gasteiger partial charge is 0.493 e. The quantitative estimate of drug-likeness (QED) is 0.451. The van der Waals surface area contributed by atoms with Crippen molar-refractivity contribution in [2.75, 3.05) is 25.6 Å². The zero-order valence-electron chi connectivity index (χ0n) is 19.1. The summed E-state index contributed by atoms with van der Waals surface area (Å²) in [6.07, 6.45) is 6.17. The van der Waals surface area contributed by atoms with E-state index in [0.29, 0.717) is 46.5 Å². The highest BCUT2D eigenvalue weighted by molar-refractivity contribution is 6.32. The van der Waals surface area contributed by atoms with Gasteiger partial charge in [0.25, 0.3) is 5.91 Å². The van der Waals surface area contributed by atoms with Gasteiger partial charge in [-0.1, -0.05) is 17.7 Å². The van der Waals surface area contributed by atoms with Crippen molar-refractivity contribution in [3.63, 3.8) is 0 Å². The minimum atomic E-state index is -0.143. The number of para-hydroxylation sites is 1. The number of rotatable bonds is 7. The summed E-state index contributed by atoms with van der Waals surface area (Å²) in [4.78, 5) is 20.8. The van der Waals surface area contributed by atoms with Crippen LogP contribution in [0.1, 0.15) is 35.8 Å². The Morgan fingerprint density at radius 2 is 2.21 bits per heavy atom. The first-order valence-electron chi connectivity index (χ1n) is 11.4. The number of aromatic nitrogens is 2. The number of nitrogens with one attached hydrogen (secondary N) is 3. The molecule has 34 heavy (non-hydrogen) atoms. The molecule has 0 unspecified atom stereocenters. The molecule has 178 valence electrons. The molecular weight excluding hydrogens is 456 g/mol. The van der Waals surface area contributed by atoms with Crippen molar-refractivity contribution in [3.05, 3.63) is 52.9 Å². The van der Waals surface area contributed by atoms with E-state index in [4.69, 9.17) is 25.8 Å². The Bertz CT molecular complexity index is 1210. The number of carbonyl (C=O) groups excluding carboxylic acids is 1. The summed E-state index contributed by atoms with van der Waals surface area (Å²) >= 11 is 6.35. The molecule has 1 aromatic carbocycles. The van der Waals surface area contributed by atoms with Gasteiger partial charge in [-0.05, 0) is 38.0 Å². The number of nitrogens with zero attached hydrogens (tertiary/aromatic N) is 1. The van der Waals surface area contributed by atoms with E-state index in [9.17, 15) is 4.79 Å². The first kappa shape index (κ1) is 22.6. The summed E-state index contributed by atoms with van der Waals surface area (Å²) < 4.78 is 17.4. The van der Waals surface area contributed by atoms with Gasteiger partial charge in [0.15, 0.2) is 5.75 Å². The molecule has 8 nitrogen and oxygen atoms in total. The molecule has 0 aliphatic carbocycles. The number of pyridine rings is 1. The van der Waals surface area contributed by atoms with E-state index >= 15 is 0 Å². The van der Waals surface area contributed by atoms with Crippen molar-refractivity contribution in [2.24, 2.45) is 0 Å². The summed E-state index contributed by atoms with van der Waals surface area (Å²) in [6, 6.07) is 7.35. The third-order valence-corrected chi connectivity index (χ3v) is 6.42. The van der Waals surface area contributed by atoms with Gasteiger partial charge < -0.3 is 29.8 Å². The Hall–Kier alpha value is -3.23. The minimum Gasteiger partial charge on any atom is -0.493 e. The molecule has 1 saturated heterocycles. The topological polar surface area (TPSA) is 97.5 Å². The zero-order chi connectivity index (χ0) is 23.7. The van der Waals surface area contributed by atoms with Gasteiger partial charge in [-0.2, -0.15) is 0 Å². The number of amides is 1. The Kier molecular flexibility index (Phi) is 6.34. The molecule has 2 aliphatic rings. The van der Waals surface area contributed by atoms with Gasteiger partial charge >= 0.3 is 0 Å². The molecule has 2 aromatic heterocycles. The van der Waals surface area contributed by atoms with Gasteiger partial charge in [0.2, 0.25) is 0 Å². The maximum absolute atomic E-state index is 13.1. The standard InChI is InChI=1S/C25H27ClN4O4/c1-14-11-19-21(25(31)28-14)23(29-18-7-3-6-17(26)24(18)32-2)22(30-19)16-8-9-27-12-20(16)34-13-15-5-4-10-33-15/h3,6-9,12,14-15,29-30H,4-5,10-11,13H2,1-2H3,(H,28,31)/t14-,15-/m0/s1. The molecule has 1 amide bonds. The Morgan fingerprint density at radius 1 is 1.32 bits per heavy atom. The van der Waals surface area contributed by atoms with Gasteiger partial charge in [0.1, 0.15) is 12.4 Å². The van der Waals surface area contributed by atoms with E-state index in [1.807, 2.05) is 25.1 Å². The van der Waals surface area contributed by atoms with Crippen molar-refractivity contribution >= 4 is 28.9 Å². The summed E-state index contributed by atoms with van der Waals surface area (Å²) in [5.41, 5.74) is 4.24. The number of hydrogen-bond acceptors (Lipinski definition) is 6. The molecule has 0 saturated carbocycles. The highest BCUT2D eigenvalue weighted by Crippen LogP contribution is 2.43. The maximum Gasteiger partial charge on any atom is 0.255 e. The van der Waals surface area contributed by atoms with Gasteiger partial charge in [0.05, 0.1) is 47.1 Å². The number of methoxy groups -OCH3 is 1. The lowest BCUT2D eigenvalue weighted by atomic mass is 10.0. The molecule has 1 fully saturated rings. The fraction of sp³-hybridized carbons (Fsp3) is 0.360. The monoisotopic (exact) mass is 482 g/mol. The Labute approximate surface area is 203 Å². The summed E-state index contributed by atoms with van der Waals surface area (Å²) in [5.74, 6) is 0.973. The van der Waals surface area contributed by atoms with E-state index in [0.717, 1.165) is 36.4 Å². The molecule has 4 heterocycles. The normalized spacial score (nSPS) is 19.4. The zero-order valence-corrected chi connectivity index (χ0v) is 19.9. The second kappa shape index (κ2) is 9.56. The van der Waals surface area contributed by atoms with E-state index in [1.165, 1.54) is 0 Å². The van der Waals surface area contributed by atoms with Crippen molar-refractivity contribution in [1.82, 2.24) is 15.3 Å².